The van der Waals surface area contributed by atoms with Gasteiger partial charge in [0.05, 0.1) is 5.52 Å². The summed E-state index contributed by atoms with van der Waals surface area (Å²) in [6.45, 7) is 1.80. The zero-order valence-corrected chi connectivity index (χ0v) is 15.1. The summed E-state index contributed by atoms with van der Waals surface area (Å²) in [7, 11) is 1.75. The molecule has 0 unspecified atom stereocenters. The van der Waals surface area contributed by atoms with E-state index in [0.717, 1.165) is 23.1 Å². The summed E-state index contributed by atoms with van der Waals surface area (Å²) >= 11 is 0. The van der Waals surface area contributed by atoms with Gasteiger partial charge in [-0.05, 0) is 53.9 Å². The van der Waals surface area contributed by atoms with E-state index in [1.165, 1.54) is 0 Å². The summed E-state index contributed by atoms with van der Waals surface area (Å²) in [5, 5.41) is 3.81. The molecular weight excluding hydrogens is 365 g/mol. The van der Waals surface area contributed by atoms with Crippen LogP contribution in [0.5, 0.6) is 0 Å². The highest BCUT2D eigenvalue weighted by atomic mass is 19.2. The first-order chi connectivity index (χ1) is 13.5. The lowest BCUT2D eigenvalue weighted by Crippen LogP contribution is -2.01. The molecule has 4 rings (SSSR count). The number of halogens is 3. The first kappa shape index (κ1) is 17.9. The summed E-state index contributed by atoms with van der Waals surface area (Å²) in [6.07, 6.45) is 3.31. The van der Waals surface area contributed by atoms with Crippen molar-refractivity contribution < 1.29 is 13.2 Å². The number of rotatable bonds is 3. The van der Waals surface area contributed by atoms with E-state index in [-0.39, 0.29) is 5.56 Å². The van der Waals surface area contributed by atoms with E-state index in [9.17, 15) is 13.2 Å². The molecule has 4 nitrogen and oxygen atoms in total. The van der Waals surface area contributed by atoms with Gasteiger partial charge in [0, 0.05) is 30.4 Å². The second-order valence-electron chi connectivity index (χ2n) is 6.28. The smallest absolute Gasteiger partial charge is 0.194 e. The van der Waals surface area contributed by atoms with Crippen molar-refractivity contribution in [3.8, 4) is 22.5 Å². The molecule has 2 heterocycles. The fourth-order valence-corrected chi connectivity index (χ4v) is 3.17. The highest BCUT2D eigenvalue weighted by Crippen LogP contribution is 2.33. The Kier molecular flexibility index (Phi) is 4.43. The lowest BCUT2D eigenvalue weighted by molar-refractivity contribution is 0.447. The van der Waals surface area contributed by atoms with Gasteiger partial charge >= 0.3 is 0 Å². The molecule has 4 aromatic rings. The van der Waals surface area contributed by atoms with Crippen LogP contribution in [-0.2, 0) is 0 Å². The third-order valence-electron chi connectivity index (χ3n) is 4.57. The average Bonchev–Trinajstić information content (AvgIpc) is 2.72. The number of hydrogen-bond acceptors (Lipinski definition) is 4. The number of nitrogens with zero attached hydrogens (tertiary/aromatic N) is 3. The van der Waals surface area contributed by atoms with Gasteiger partial charge < -0.3 is 5.32 Å². The van der Waals surface area contributed by atoms with Gasteiger partial charge in [0.25, 0.3) is 0 Å². The molecule has 0 saturated heterocycles. The molecule has 0 aliphatic carbocycles. The Morgan fingerprint density at radius 1 is 0.929 bits per heavy atom. The van der Waals surface area contributed by atoms with Crippen LogP contribution in [0.15, 0.2) is 48.8 Å². The van der Waals surface area contributed by atoms with Gasteiger partial charge in [-0.2, -0.15) is 0 Å². The Morgan fingerprint density at radius 3 is 2.32 bits per heavy atom. The van der Waals surface area contributed by atoms with Crippen LogP contribution in [0.1, 0.15) is 5.56 Å². The molecule has 140 valence electrons. The molecule has 0 amide bonds. The second kappa shape index (κ2) is 6.92. The molecule has 0 radical (unpaired) electrons. The molecule has 0 fully saturated rings. The molecule has 0 bridgehead atoms. The minimum Gasteiger partial charge on any atom is -0.373 e. The van der Waals surface area contributed by atoms with E-state index in [1.54, 1.807) is 44.6 Å². The van der Waals surface area contributed by atoms with E-state index in [4.69, 9.17) is 0 Å². The molecular formula is C21H15F3N4. The monoisotopic (exact) mass is 380 g/mol. The number of benzene rings is 2. The Labute approximate surface area is 159 Å². The number of aryl methyl sites for hydroxylation is 1. The average molecular weight is 380 g/mol. The van der Waals surface area contributed by atoms with Crippen molar-refractivity contribution in [2.75, 3.05) is 12.4 Å². The number of aromatic nitrogens is 3. The Balaban J connectivity index is 1.98. The SMILES string of the molecule is CNc1nc(-c2cccnc2)nc2c(C)c(-c3cc(F)c(F)c(F)c3)ccc12. The lowest BCUT2D eigenvalue weighted by atomic mass is 9.97. The fraction of sp³-hybridized carbons (Fsp3) is 0.0952. The van der Waals surface area contributed by atoms with Gasteiger partial charge in [-0.25, -0.2) is 23.1 Å². The van der Waals surface area contributed by atoms with Gasteiger partial charge in [-0.3, -0.25) is 4.98 Å². The number of pyridine rings is 1. The van der Waals surface area contributed by atoms with Gasteiger partial charge in [-0.15, -0.1) is 0 Å². The second-order valence-corrected chi connectivity index (χ2v) is 6.28. The van der Waals surface area contributed by atoms with Crippen molar-refractivity contribution in [1.82, 2.24) is 15.0 Å². The van der Waals surface area contributed by atoms with Crippen molar-refractivity contribution in [1.29, 1.82) is 0 Å². The zero-order valence-electron chi connectivity index (χ0n) is 15.1. The molecule has 0 aliphatic rings. The van der Waals surface area contributed by atoms with E-state index in [0.29, 0.717) is 28.3 Å². The standard InChI is InChI=1S/C21H15F3N4/c1-11-14(13-8-16(22)18(24)17(23)9-13)5-6-15-19(11)27-20(28-21(15)25-2)12-4-3-7-26-10-12/h3-10H,1-2H3,(H,25,27,28). The number of anilines is 1. The van der Waals surface area contributed by atoms with Crippen LogP contribution in [0.3, 0.4) is 0 Å². The fourth-order valence-electron chi connectivity index (χ4n) is 3.17. The van der Waals surface area contributed by atoms with Crippen LogP contribution in [-0.4, -0.2) is 22.0 Å². The molecule has 0 aliphatic heterocycles. The maximum absolute atomic E-state index is 13.7. The topological polar surface area (TPSA) is 50.7 Å². The van der Waals surface area contributed by atoms with Gasteiger partial charge in [0.2, 0.25) is 0 Å². The minimum absolute atomic E-state index is 0.239. The number of nitrogens with one attached hydrogen (secondary N) is 1. The summed E-state index contributed by atoms with van der Waals surface area (Å²) < 4.78 is 40.8. The first-order valence-electron chi connectivity index (χ1n) is 8.54. The third kappa shape index (κ3) is 2.94. The lowest BCUT2D eigenvalue weighted by Gasteiger charge is -2.13. The molecule has 2 aromatic carbocycles. The summed E-state index contributed by atoms with van der Waals surface area (Å²) in [6, 6.07) is 9.09. The maximum Gasteiger partial charge on any atom is 0.194 e. The van der Waals surface area contributed by atoms with E-state index >= 15 is 0 Å². The normalized spacial score (nSPS) is 11.0. The highest BCUT2D eigenvalue weighted by Gasteiger charge is 2.16. The van der Waals surface area contributed by atoms with Crippen LogP contribution < -0.4 is 5.32 Å². The van der Waals surface area contributed by atoms with Crippen LogP contribution in [0.4, 0.5) is 19.0 Å². The van der Waals surface area contributed by atoms with Gasteiger partial charge in [0.1, 0.15) is 5.82 Å². The van der Waals surface area contributed by atoms with Crippen LogP contribution in [0.25, 0.3) is 33.4 Å². The quantitative estimate of drug-likeness (QED) is 0.501. The minimum atomic E-state index is -1.49. The van der Waals surface area contributed by atoms with Crippen molar-refractivity contribution in [2.45, 2.75) is 6.92 Å². The molecule has 1 N–H and O–H groups in total. The third-order valence-corrected chi connectivity index (χ3v) is 4.57. The molecule has 28 heavy (non-hydrogen) atoms. The number of hydrogen-bond donors (Lipinski definition) is 1. The predicted molar refractivity (Wildman–Crippen MR) is 102 cm³/mol. The van der Waals surface area contributed by atoms with Gasteiger partial charge in [-0.1, -0.05) is 6.07 Å². The van der Waals surface area contributed by atoms with Crippen molar-refractivity contribution in [3.05, 3.63) is 71.8 Å². The Hall–Kier alpha value is -3.48. The van der Waals surface area contributed by atoms with Crippen LogP contribution in [0, 0.1) is 24.4 Å². The first-order valence-corrected chi connectivity index (χ1v) is 8.54. The van der Waals surface area contributed by atoms with Crippen LogP contribution in [0.2, 0.25) is 0 Å². The van der Waals surface area contributed by atoms with E-state index in [1.807, 2.05) is 6.07 Å². The van der Waals surface area contributed by atoms with Gasteiger partial charge in [0.15, 0.2) is 23.3 Å². The molecule has 0 saturated carbocycles. The largest absolute Gasteiger partial charge is 0.373 e. The molecule has 7 heteroatoms. The van der Waals surface area contributed by atoms with E-state index < -0.39 is 17.5 Å². The van der Waals surface area contributed by atoms with Crippen molar-refractivity contribution in [3.63, 3.8) is 0 Å². The Bertz CT molecular complexity index is 1170. The highest BCUT2D eigenvalue weighted by molar-refractivity contribution is 5.96. The van der Waals surface area contributed by atoms with Crippen LogP contribution >= 0.6 is 0 Å². The predicted octanol–water partition coefficient (Wildman–Crippen LogP) is 5.13. The Morgan fingerprint density at radius 2 is 1.68 bits per heavy atom. The number of fused-ring (bicyclic) bond motifs is 1. The molecule has 2 aromatic heterocycles. The summed E-state index contributed by atoms with van der Waals surface area (Å²) in [5.41, 5.74) is 2.86. The molecule has 0 atom stereocenters. The summed E-state index contributed by atoms with van der Waals surface area (Å²) in [5.74, 6) is -2.86. The van der Waals surface area contributed by atoms with E-state index in [2.05, 4.69) is 20.3 Å². The van der Waals surface area contributed by atoms with Crippen molar-refractivity contribution in [2.24, 2.45) is 0 Å². The summed E-state index contributed by atoms with van der Waals surface area (Å²) in [4.78, 5) is 13.3. The maximum atomic E-state index is 13.7. The molecule has 0 spiro atoms. The zero-order chi connectivity index (χ0) is 19.8. The van der Waals surface area contributed by atoms with Crippen molar-refractivity contribution >= 4 is 16.7 Å².